The van der Waals surface area contributed by atoms with Crippen molar-refractivity contribution in [2.45, 2.75) is 39.4 Å². The molecular formula is C14H20O2. The molecule has 2 nitrogen and oxygen atoms in total. The molecular weight excluding hydrogens is 200 g/mol. The normalized spacial score (nSPS) is 18.0. The van der Waals surface area contributed by atoms with Gasteiger partial charge in [-0.1, -0.05) is 32.9 Å². The number of hydrogen-bond acceptors (Lipinski definition) is 2. The molecule has 2 rings (SSSR count). The van der Waals surface area contributed by atoms with Gasteiger partial charge in [-0.25, -0.2) is 0 Å². The summed E-state index contributed by atoms with van der Waals surface area (Å²) in [5.74, 6) is 0. The molecule has 0 aromatic heterocycles. The van der Waals surface area contributed by atoms with Crippen molar-refractivity contribution in [2.24, 2.45) is 0 Å². The summed E-state index contributed by atoms with van der Waals surface area (Å²) in [4.78, 5) is 0. The Labute approximate surface area is 97.6 Å². The Bertz CT molecular complexity index is 371. The standard InChI is InChI=1S/C14H20O2/c1-10-5-6-11(13-15-7-8-16-13)9-12(10)14(2,3)4/h5-6,9,13H,7-8H2,1-4H3. The smallest absolute Gasteiger partial charge is 0.184 e. The van der Waals surface area contributed by atoms with Crippen LogP contribution in [0.3, 0.4) is 0 Å². The van der Waals surface area contributed by atoms with Gasteiger partial charge in [-0.2, -0.15) is 0 Å². The highest BCUT2D eigenvalue weighted by molar-refractivity contribution is 5.36. The van der Waals surface area contributed by atoms with E-state index in [-0.39, 0.29) is 11.7 Å². The van der Waals surface area contributed by atoms with E-state index in [9.17, 15) is 0 Å². The average Bonchev–Trinajstić information content (AvgIpc) is 2.69. The van der Waals surface area contributed by atoms with Crippen LogP contribution in [0.2, 0.25) is 0 Å². The van der Waals surface area contributed by atoms with E-state index < -0.39 is 0 Å². The topological polar surface area (TPSA) is 18.5 Å². The van der Waals surface area contributed by atoms with Gasteiger partial charge in [-0.15, -0.1) is 0 Å². The molecule has 1 aliphatic rings. The highest BCUT2D eigenvalue weighted by Crippen LogP contribution is 2.30. The molecule has 0 aliphatic carbocycles. The highest BCUT2D eigenvalue weighted by atomic mass is 16.7. The SMILES string of the molecule is Cc1ccc(C2OCCO2)cc1C(C)(C)C. The van der Waals surface area contributed by atoms with Gasteiger partial charge in [0.15, 0.2) is 6.29 Å². The van der Waals surface area contributed by atoms with E-state index in [0.29, 0.717) is 13.2 Å². The van der Waals surface area contributed by atoms with Crippen molar-refractivity contribution < 1.29 is 9.47 Å². The Morgan fingerprint density at radius 1 is 1.12 bits per heavy atom. The van der Waals surface area contributed by atoms with Crippen molar-refractivity contribution in [3.8, 4) is 0 Å². The number of aryl methyl sites for hydroxylation is 1. The predicted octanol–water partition coefficient (Wildman–Crippen LogP) is 3.34. The summed E-state index contributed by atoms with van der Waals surface area (Å²) < 4.78 is 11.0. The first-order chi connectivity index (χ1) is 7.48. The van der Waals surface area contributed by atoms with Gasteiger partial charge in [0.25, 0.3) is 0 Å². The second kappa shape index (κ2) is 4.19. The van der Waals surface area contributed by atoms with Crippen LogP contribution in [-0.4, -0.2) is 13.2 Å². The van der Waals surface area contributed by atoms with E-state index in [4.69, 9.17) is 9.47 Å². The molecule has 0 atom stereocenters. The summed E-state index contributed by atoms with van der Waals surface area (Å²) in [6, 6.07) is 6.47. The van der Waals surface area contributed by atoms with Crippen LogP contribution in [0.4, 0.5) is 0 Å². The van der Waals surface area contributed by atoms with Crippen molar-refractivity contribution in [1.29, 1.82) is 0 Å². The fourth-order valence-electron chi connectivity index (χ4n) is 2.15. The van der Waals surface area contributed by atoms with Crippen molar-refractivity contribution in [3.63, 3.8) is 0 Å². The van der Waals surface area contributed by atoms with E-state index in [1.165, 1.54) is 11.1 Å². The number of hydrogen-bond donors (Lipinski definition) is 0. The van der Waals surface area contributed by atoms with Crippen LogP contribution in [0.5, 0.6) is 0 Å². The van der Waals surface area contributed by atoms with E-state index in [1.807, 2.05) is 0 Å². The molecule has 0 unspecified atom stereocenters. The van der Waals surface area contributed by atoms with Crippen LogP contribution in [0, 0.1) is 6.92 Å². The lowest BCUT2D eigenvalue weighted by atomic mass is 9.83. The molecule has 0 saturated carbocycles. The summed E-state index contributed by atoms with van der Waals surface area (Å²) in [5, 5.41) is 0. The quantitative estimate of drug-likeness (QED) is 0.722. The molecule has 1 fully saturated rings. The maximum Gasteiger partial charge on any atom is 0.184 e. The number of ether oxygens (including phenoxy) is 2. The molecule has 0 bridgehead atoms. The summed E-state index contributed by atoms with van der Waals surface area (Å²) in [7, 11) is 0. The van der Waals surface area contributed by atoms with Crippen molar-refractivity contribution in [3.05, 3.63) is 34.9 Å². The van der Waals surface area contributed by atoms with Gasteiger partial charge in [0, 0.05) is 5.56 Å². The van der Waals surface area contributed by atoms with Crippen molar-refractivity contribution in [1.82, 2.24) is 0 Å². The lowest BCUT2D eigenvalue weighted by molar-refractivity contribution is -0.0441. The second-order valence-electron chi connectivity index (χ2n) is 5.40. The second-order valence-corrected chi connectivity index (χ2v) is 5.40. The minimum absolute atomic E-state index is 0.165. The Kier molecular flexibility index (Phi) is 3.04. The van der Waals surface area contributed by atoms with Gasteiger partial charge in [0.1, 0.15) is 0 Å². The molecule has 1 aromatic rings. The fraction of sp³-hybridized carbons (Fsp3) is 0.571. The van der Waals surface area contributed by atoms with Crippen LogP contribution in [0.1, 0.15) is 43.8 Å². The Morgan fingerprint density at radius 2 is 1.75 bits per heavy atom. The highest BCUT2D eigenvalue weighted by Gasteiger charge is 2.22. The number of benzene rings is 1. The molecule has 0 radical (unpaired) electrons. The molecule has 0 N–H and O–H groups in total. The third-order valence-electron chi connectivity index (χ3n) is 2.96. The minimum Gasteiger partial charge on any atom is -0.346 e. The maximum atomic E-state index is 5.52. The molecule has 0 amide bonds. The van der Waals surface area contributed by atoms with Gasteiger partial charge in [0.2, 0.25) is 0 Å². The fourth-order valence-corrected chi connectivity index (χ4v) is 2.15. The minimum atomic E-state index is -0.165. The monoisotopic (exact) mass is 220 g/mol. The molecule has 0 spiro atoms. The van der Waals surface area contributed by atoms with Gasteiger partial charge < -0.3 is 9.47 Å². The van der Waals surface area contributed by atoms with E-state index in [1.54, 1.807) is 0 Å². The largest absolute Gasteiger partial charge is 0.346 e. The predicted molar refractivity (Wildman–Crippen MR) is 64.5 cm³/mol. The van der Waals surface area contributed by atoms with Gasteiger partial charge in [0.05, 0.1) is 13.2 Å². The van der Waals surface area contributed by atoms with E-state index >= 15 is 0 Å². The molecule has 1 saturated heterocycles. The third kappa shape index (κ3) is 2.28. The molecule has 16 heavy (non-hydrogen) atoms. The van der Waals surface area contributed by atoms with Crippen LogP contribution >= 0.6 is 0 Å². The Morgan fingerprint density at radius 3 is 2.31 bits per heavy atom. The van der Waals surface area contributed by atoms with Crippen LogP contribution in [0.25, 0.3) is 0 Å². The molecule has 2 heteroatoms. The van der Waals surface area contributed by atoms with Crippen molar-refractivity contribution >= 4 is 0 Å². The summed E-state index contributed by atoms with van der Waals surface area (Å²) in [5.41, 5.74) is 3.99. The first-order valence-corrected chi connectivity index (χ1v) is 5.83. The first kappa shape index (κ1) is 11.6. The van der Waals surface area contributed by atoms with Crippen LogP contribution in [-0.2, 0) is 14.9 Å². The van der Waals surface area contributed by atoms with Crippen molar-refractivity contribution in [2.75, 3.05) is 13.2 Å². The number of rotatable bonds is 1. The summed E-state index contributed by atoms with van der Waals surface area (Å²) in [6.45, 7) is 10.2. The van der Waals surface area contributed by atoms with Crippen LogP contribution < -0.4 is 0 Å². The van der Waals surface area contributed by atoms with Crippen LogP contribution in [0.15, 0.2) is 18.2 Å². The molecule has 1 aliphatic heterocycles. The molecule has 1 heterocycles. The van der Waals surface area contributed by atoms with Gasteiger partial charge >= 0.3 is 0 Å². The van der Waals surface area contributed by atoms with E-state index in [2.05, 4.69) is 45.9 Å². The lowest BCUT2D eigenvalue weighted by Gasteiger charge is -2.23. The zero-order valence-corrected chi connectivity index (χ0v) is 10.5. The Hall–Kier alpha value is -0.860. The average molecular weight is 220 g/mol. The molecule has 1 aromatic carbocycles. The van der Waals surface area contributed by atoms with Gasteiger partial charge in [-0.3, -0.25) is 0 Å². The molecule has 88 valence electrons. The van der Waals surface area contributed by atoms with Gasteiger partial charge in [-0.05, 0) is 29.5 Å². The van der Waals surface area contributed by atoms with E-state index in [0.717, 1.165) is 5.56 Å². The third-order valence-corrected chi connectivity index (χ3v) is 2.96. The zero-order chi connectivity index (χ0) is 11.8. The maximum absolute atomic E-state index is 5.52. The zero-order valence-electron chi connectivity index (χ0n) is 10.5. The summed E-state index contributed by atoms with van der Waals surface area (Å²) in [6.07, 6.45) is -0.165. The first-order valence-electron chi connectivity index (χ1n) is 5.83. The lowest BCUT2D eigenvalue weighted by Crippen LogP contribution is -2.14. The summed E-state index contributed by atoms with van der Waals surface area (Å²) >= 11 is 0. The Balaban J connectivity index is 2.35.